The van der Waals surface area contributed by atoms with E-state index >= 15 is 0 Å². The lowest BCUT2D eigenvalue weighted by Crippen LogP contribution is -2.17. The molecule has 1 aliphatic rings. The van der Waals surface area contributed by atoms with Crippen molar-refractivity contribution in [1.82, 2.24) is 10.3 Å². The molecule has 0 spiro atoms. The summed E-state index contributed by atoms with van der Waals surface area (Å²) < 4.78 is 0. The number of para-hydroxylation sites is 1. The molecule has 0 radical (unpaired) electrons. The predicted octanol–water partition coefficient (Wildman–Crippen LogP) is 4.04. The van der Waals surface area contributed by atoms with Crippen LogP contribution < -0.4 is 10.2 Å². The van der Waals surface area contributed by atoms with E-state index in [1.54, 1.807) is 0 Å². The van der Waals surface area contributed by atoms with Gasteiger partial charge in [0, 0.05) is 23.7 Å². The van der Waals surface area contributed by atoms with Crippen molar-refractivity contribution in [3.8, 4) is 0 Å². The number of hydrogen-bond donors (Lipinski definition) is 1. The highest BCUT2D eigenvalue weighted by atomic mass is 32.1. The summed E-state index contributed by atoms with van der Waals surface area (Å²) in [6.45, 7) is 7.26. The molecule has 2 aromatic rings. The monoisotopic (exact) mass is 301 g/mol. The Morgan fingerprint density at radius 2 is 2.14 bits per heavy atom. The Morgan fingerprint density at radius 1 is 1.29 bits per heavy atom. The van der Waals surface area contributed by atoms with E-state index in [2.05, 4.69) is 48.3 Å². The van der Waals surface area contributed by atoms with Gasteiger partial charge in [-0.1, -0.05) is 36.5 Å². The van der Waals surface area contributed by atoms with Crippen LogP contribution in [0.1, 0.15) is 35.9 Å². The van der Waals surface area contributed by atoms with Gasteiger partial charge in [-0.3, -0.25) is 0 Å². The van der Waals surface area contributed by atoms with Gasteiger partial charge in [-0.05, 0) is 44.4 Å². The molecule has 0 unspecified atom stereocenters. The molecule has 0 saturated heterocycles. The van der Waals surface area contributed by atoms with Crippen molar-refractivity contribution < 1.29 is 0 Å². The van der Waals surface area contributed by atoms with E-state index in [-0.39, 0.29) is 0 Å². The molecule has 21 heavy (non-hydrogen) atoms. The standard InChI is InChI=1S/C17H23N3S/c1-3-18-12-16-13(2)19-17(21-16)20-11-7-6-9-14-8-4-5-10-15(14)20/h4-5,8,10,18H,3,6-7,9,11-12H2,1-2H3. The summed E-state index contributed by atoms with van der Waals surface area (Å²) in [6.07, 6.45) is 3.68. The van der Waals surface area contributed by atoms with Crippen LogP contribution in [0.4, 0.5) is 10.8 Å². The molecule has 0 aliphatic carbocycles. The quantitative estimate of drug-likeness (QED) is 0.924. The van der Waals surface area contributed by atoms with E-state index in [1.807, 2.05) is 11.3 Å². The van der Waals surface area contributed by atoms with Gasteiger partial charge in [-0.25, -0.2) is 4.98 Å². The highest BCUT2D eigenvalue weighted by molar-refractivity contribution is 7.15. The Balaban J connectivity index is 1.93. The maximum atomic E-state index is 4.83. The van der Waals surface area contributed by atoms with Crippen molar-refractivity contribution in [2.75, 3.05) is 18.0 Å². The maximum absolute atomic E-state index is 4.83. The first-order chi connectivity index (χ1) is 10.3. The first-order valence-corrected chi connectivity index (χ1v) is 8.63. The fraction of sp³-hybridized carbons (Fsp3) is 0.471. The van der Waals surface area contributed by atoms with Gasteiger partial charge in [0.25, 0.3) is 0 Å². The molecule has 0 amide bonds. The lowest BCUT2D eigenvalue weighted by Gasteiger charge is -2.21. The number of nitrogens with zero attached hydrogens (tertiary/aromatic N) is 2. The molecule has 112 valence electrons. The minimum atomic E-state index is 0.926. The van der Waals surface area contributed by atoms with Crippen LogP contribution in [0.25, 0.3) is 0 Å². The van der Waals surface area contributed by atoms with Gasteiger partial charge < -0.3 is 10.2 Å². The summed E-state index contributed by atoms with van der Waals surface area (Å²) >= 11 is 1.83. The molecule has 3 rings (SSSR count). The Morgan fingerprint density at radius 3 is 3.00 bits per heavy atom. The Bertz CT molecular complexity index is 606. The highest BCUT2D eigenvalue weighted by Crippen LogP contribution is 2.35. The number of fused-ring (bicyclic) bond motifs is 1. The molecular weight excluding hydrogens is 278 g/mol. The van der Waals surface area contributed by atoms with E-state index in [0.29, 0.717) is 0 Å². The van der Waals surface area contributed by atoms with E-state index in [0.717, 1.165) is 30.5 Å². The van der Waals surface area contributed by atoms with E-state index in [4.69, 9.17) is 4.98 Å². The van der Waals surface area contributed by atoms with Crippen LogP contribution in [0, 0.1) is 6.92 Å². The molecule has 0 saturated carbocycles. The van der Waals surface area contributed by atoms with Crippen LogP contribution in [0.15, 0.2) is 24.3 Å². The van der Waals surface area contributed by atoms with Gasteiger partial charge >= 0.3 is 0 Å². The fourth-order valence-corrected chi connectivity index (χ4v) is 3.89. The molecule has 1 aromatic carbocycles. The highest BCUT2D eigenvalue weighted by Gasteiger charge is 2.20. The average molecular weight is 301 g/mol. The van der Waals surface area contributed by atoms with Crippen LogP contribution in [-0.2, 0) is 13.0 Å². The molecule has 4 heteroatoms. The van der Waals surface area contributed by atoms with Crippen LogP contribution in [-0.4, -0.2) is 18.1 Å². The van der Waals surface area contributed by atoms with Crippen molar-refractivity contribution in [3.05, 3.63) is 40.4 Å². The summed E-state index contributed by atoms with van der Waals surface area (Å²) in [7, 11) is 0. The van der Waals surface area contributed by atoms with Gasteiger partial charge in [0.1, 0.15) is 0 Å². The number of aromatic nitrogens is 1. The third-order valence-electron chi connectivity index (χ3n) is 4.01. The van der Waals surface area contributed by atoms with Gasteiger partial charge in [0.05, 0.1) is 5.69 Å². The molecule has 1 aliphatic heterocycles. The molecular formula is C17H23N3S. The SMILES string of the molecule is CCNCc1sc(N2CCCCc3ccccc32)nc1C. The van der Waals surface area contributed by atoms with Crippen molar-refractivity contribution in [2.24, 2.45) is 0 Å². The Hall–Kier alpha value is -1.39. The molecule has 0 fully saturated rings. The molecule has 1 aromatic heterocycles. The minimum absolute atomic E-state index is 0.926. The van der Waals surface area contributed by atoms with E-state index in [9.17, 15) is 0 Å². The lowest BCUT2D eigenvalue weighted by atomic mass is 10.1. The maximum Gasteiger partial charge on any atom is 0.190 e. The molecule has 0 atom stereocenters. The average Bonchev–Trinajstić information content (AvgIpc) is 2.73. The van der Waals surface area contributed by atoms with E-state index in [1.165, 1.54) is 35.4 Å². The number of anilines is 2. The normalized spacial score (nSPS) is 14.9. The van der Waals surface area contributed by atoms with Crippen molar-refractivity contribution >= 4 is 22.2 Å². The fourth-order valence-electron chi connectivity index (χ4n) is 2.82. The second-order valence-corrected chi connectivity index (χ2v) is 6.58. The third-order valence-corrected chi connectivity index (χ3v) is 5.19. The number of nitrogens with one attached hydrogen (secondary N) is 1. The van der Waals surface area contributed by atoms with Crippen molar-refractivity contribution in [3.63, 3.8) is 0 Å². The zero-order valence-corrected chi connectivity index (χ0v) is 13.7. The summed E-state index contributed by atoms with van der Waals surface area (Å²) in [6, 6.07) is 8.78. The molecule has 0 bridgehead atoms. The van der Waals surface area contributed by atoms with Gasteiger partial charge in [0.2, 0.25) is 0 Å². The van der Waals surface area contributed by atoms with Crippen LogP contribution in [0.3, 0.4) is 0 Å². The second kappa shape index (κ2) is 6.58. The topological polar surface area (TPSA) is 28.2 Å². The molecule has 3 nitrogen and oxygen atoms in total. The summed E-state index contributed by atoms with van der Waals surface area (Å²) in [5.41, 5.74) is 3.97. The van der Waals surface area contributed by atoms with Crippen molar-refractivity contribution in [1.29, 1.82) is 0 Å². The number of aryl methyl sites for hydroxylation is 2. The predicted molar refractivity (Wildman–Crippen MR) is 90.6 cm³/mol. The Labute approximate surface area is 131 Å². The summed E-state index contributed by atoms with van der Waals surface area (Å²) in [5.74, 6) is 0. The molecule has 1 N–H and O–H groups in total. The van der Waals surface area contributed by atoms with Gasteiger partial charge in [-0.2, -0.15) is 0 Å². The van der Waals surface area contributed by atoms with E-state index < -0.39 is 0 Å². The number of rotatable bonds is 4. The Kier molecular flexibility index (Phi) is 4.56. The second-order valence-electron chi connectivity index (χ2n) is 5.52. The van der Waals surface area contributed by atoms with Crippen LogP contribution in [0.2, 0.25) is 0 Å². The number of benzene rings is 1. The van der Waals surface area contributed by atoms with Crippen LogP contribution in [0.5, 0.6) is 0 Å². The lowest BCUT2D eigenvalue weighted by molar-refractivity contribution is 0.731. The molecule has 2 heterocycles. The first kappa shape index (κ1) is 14.5. The first-order valence-electron chi connectivity index (χ1n) is 7.82. The zero-order valence-electron chi connectivity index (χ0n) is 12.9. The largest absolute Gasteiger partial charge is 0.318 e. The van der Waals surface area contributed by atoms with Crippen LogP contribution >= 0.6 is 11.3 Å². The smallest absolute Gasteiger partial charge is 0.190 e. The zero-order chi connectivity index (χ0) is 14.7. The number of hydrogen-bond acceptors (Lipinski definition) is 4. The number of thiazole rings is 1. The third kappa shape index (κ3) is 3.11. The van der Waals surface area contributed by atoms with Gasteiger partial charge in [0.15, 0.2) is 5.13 Å². The van der Waals surface area contributed by atoms with Gasteiger partial charge in [-0.15, -0.1) is 0 Å². The minimum Gasteiger partial charge on any atom is -0.318 e. The summed E-state index contributed by atoms with van der Waals surface area (Å²) in [5, 5.41) is 4.55. The van der Waals surface area contributed by atoms with Crippen molar-refractivity contribution in [2.45, 2.75) is 39.7 Å². The summed E-state index contributed by atoms with van der Waals surface area (Å²) in [4.78, 5) is 8.60.